The van der Waals surface area contributed by atoms with Gasteiger partial charge >= 0.3 is 6.18 Å². The molecule has 0 saturated heterocycles. The van der Waals surface area contributed by atoms with Crippen molar-refractivity contribution in [1.29, 1.82) is 0 Å². The van der Waals surface area contributed by atoms with Crippen molar-refractivity contribution < 1.29 is 17.6 Å². The van der Waals surface area contributed by atoms with Gasteiger partial charge in [0.05, 0.1) is 11.6 Å². The van der Waals surface area contributed by atoms with Gasteiger partial charge in [0, 0.05) is 11.7 Å². The molecule has 1 aliphatic heterocycles. The van der Waals surface area contributed by atoms with Gasteiger partial charge in [-0.05, 0) is 85.0 Å². The second kappa shape index (κ2) is 8.22. The van der Waals surface area contributed by atoms with Crippen LogP contribution in [0.15, 0.2) is 42.5 Å². The predicted octanol–water partition coefficient (Wildman–Crippen LogP) is 6.51. The normalized spacial score (nSPS) is 26.1. The maximum atomic E-state index is 13.4. The van der Waals surface area contributed by atoms with Gasteiger partial charge in [0.15, 0.2) is 0 Å². The summed E-state index contributed by atoms with van der Waals surface area (Å²) in [6.07, 6.45) is -1.53. The molecule has 3 unspecified atom stereocenters. The Morgan fingerprint density at radius 1 is 1.07 bits per heavy atom. The largest absolute Gasteiger partial charge is 0.416 e. The zero-order chi connectivity index (χ0) is 21.5. The van der Waals surface area contributed by atoms with Crippen molar-refractivity contribution in [2.45, 2.75) is 57.3 Å². The van der Waals surface area contributed by atoms with Crippen molar-refractivity contribution in [3.63, 3.8) is 0 Å². The minimum Gasteiger partial charge on any atom is -0.378 e. The first kappa shape index (κ1) is 21.2. The van der Waals surface area contributed by atoms with Crippen molar-refractivity contribution in [2.75, 3.05) is 11.9 Å². The molecule has 0 aromatic heterocycles. The molecule has 1 aliphatic carbocycles. The second-order valence-corrected chi connectivity index (χ2v) is 8.99. The summed E-state index contributed by atoms with van der Waals surface area (Å²) in [6.45, 7) is 5.08. The minimum atomic E-state index is -4.36. The molecule has 4 rings (SSSR count). The van der Waals surface area contributed by atoms with Crippen LogP contribution in [-0.4, -0.2) is 12.6 Å². The molecular formula is C24H28F4N2. The highest BCUT2D eigenvalue weighted by atomic mass is 19.4. The van der Waals surface area contributed by atoms with Gasteiger partial charge in [0.25, 0.3) is 0 Å². The van der Waals surface area contributed by atoms with Gasteiger partial charge < -0.3 is 10.6 Å². The standard InChI is InChI=1S/C24H28F4N2/c1-14(2)29-13-15-3-9-19-20(11-15)21-12-17(24(26,27)28)6-10-22(21)30-23(19)16-4-7-18(25)8-5-16/h4-8,10,12,14-15,19-20,23,29-30H,3,9,11,13H2,1-2H3/t15?,19?,20?,23-/m0/s1. The van der Waals surface area contributed by atoms with Crippen molar-refractivity contribution in [3.05, 3.63) is 65.0 Å². The Hall–Kier alpha value is -2.08. The Morgan fingerprint density at radius 2 is 1.80 bits per heavy atom. The second-order valence-electron chi connectivity index (χ2n) is 8.99. The van der Waals surface area contributed by atoms with Crippen molar-refractivity contribution in [2.24, 2.45) is 11.8 Å². The molecule has 4 atom stereocenters. The predicted molar refractivity (Wildman–Crippen MR) is 111 cm³/mol. The summed E-state index contributed by atoms with van der Waals surface area (Å²) in [7, 11) is 0. The first-order valence-electron chi connectivity index (χ1n) is 10.7. The molecule has 0 amide bonds. The molecular weight excluding hydrogens is 392 g/mol. The Kier molecular flexibility index (Phi) is 5.80. The van der Waals surface area contributed by atoms with Gasteiger partial charge in [-0.3, -0.25) is 0 Å². The number of benzene rings is 2. The lowest BCUT2D eigenvalue weighted by Gasteiger charge is -2.46. The maximum absolute atomic E-state index is 13.4. The van der Waals surface area contributed by atoms with Crippen LogP contribution in [0.1, 0.15) is 61.8 Å². The molecule has 2 aromatic rings. The lowest BCUT2D eigenvalue weighted by Crippen LogP contribution is -2.39. The number of anilines is 1. The van der Waals surface area contributed by atoms with Crippen LogP contribution < -0.4 is 10.6 Å². The highest BCUT2D eigenvalue weighted by molar-refractivity contribution is 5.59. The lowest BCUT2D eigenvalue weighted by atomic mass is 9.65. The first-order chi connectivity index (χ1) is 14.2. The highest BCUT2D eigenvalue weighted by Gasteiger charge is 2.42. The molecule has 6 heteroatoms. The van der Waals surface area contributed by atoms with Crippen LogP contribution in [0.3, 0.4) is 0 Å². The number of rotatable bonds is 4. The van der Waals surface area contributed by atoms with Gasteiger partial charge in [0.2, 0.25) is 0 Å². The summed E-state index contributed by atoms with van der Waals surface area (Å²) in [6, 6.07) is 10.9. The van der Waals surface area contributed by atoms with Crippen LogP contribution in [0, 0.1) is 17.7 Å². The molecule has 1 saturated carbocycles. The number of hydrogen-bond acceptors (Lipinski definition) is 2. The van der Waals surface area contributed by atoms with E-state index >= 15 is 0 Å². The minimum absolute atomic E-state index is 0.0288. The van der Waals surface area contributed by atoms with Crippen LogP contribution in [0.5, 0.6) is 0 Å². The smallest absolute Gasteiger partial charge is 0.378 e. The quantitative estimate of drug-likeness (QED) is 0.551. The summed E-state index contributed by atoms with van der Waals surface area (Å²) in [4.78, 5) is 0. The summed E-state index contributed by atoms with van der Waals surface area (Å²) in [5.74, 6) is 0.376. The fraction of sp³-hybridized carbons (Fsp3) is 0.500. The van der Waals surface area contributed by atoms with Crippen molar-refractivity contribution in [3.8, 4) is 0 Å². The summed E-state index contributed by atoms with van der Waals surface area (Å²) >= 11 is 0. The maximum Gasteiger partial charge on any atom is 0.416 e. The van der Waals surface area contributed by atoms with Gasteiger partial charge in [-0.25, -0.2) is 4.39 Å². The molecule has 0 spiro atoms. The number of hydrogen-bond donors (Lipinski definition) is 2. The molecule has 162 valence electrons. The van der Waals surface area contributed by atoms with E-state index in [1.54, 1.807) is 18.2 Å². The fourth-order valence-corrected chi connectivity index (χ4v) is 5.08. The number of alkyl halides is 3. The molecule has 0 radical (unpaired) electrons. The Morgan fingerprint density at radius 3 is 2.47 bits per heavy atom. The molecule has 0 bridgehead atoms. The third kappa shape index (κ3) is 4.34. The Bertz CT molecular complexity index is 876. The third-order valence-electron chi connectivity index (χ3n) is 6.57. The van der Waals surface area contributed by atoms with Crippen LogP contribution in [0.4, 0.5) is 23.2 Å². The van der Waals surface area contributed by atoms with Crippen LogP contribution >= 0.6 is 0 Å². The molecule has 2 N–H and O–H groups in total. The van der Waals surface area contributed by atoms with E-state index in [1.807, 2.05) is 0 Å². The Labute approximate surface area is 175 Å². The molecule has 2 aliphatic rings. The average molecular weight is 420 g/mol. The summed E-state index contributed by atoms with van der Waals surface area (Å²) in [5, 5.41) is 6.95. The van der Waals surface area contributed by atoms with Gasteiger partial charge in [0.1, 0.15) is 5.82 Å². The SMILES string of the molecule is CC(C)NCC1CCC2C(C1)c1cc(C(F)(F)F)ccc1N[C@H]2c1ccc(F)cc1. The molecule has 2 nitrogen and oxygen atoms in total. The zero-order valence-electron chi connectivity index (χ0n) is 17.3. The number of halogens is 4. The molecule has 30 heavy (non-hydrogen) atoms. The fourth-order valence-electron chi connectivity index (χ4n) is 5.08. The van der Waals surface area contributed by atoms with E-state index in [2.05, 4.69) is 24.5 Å². The van der Waals surface area contributed by atoms with Gasteiger partial charge in [-0.1, -0.05) is 26.0 Å². The topological polar surface area (TPSA) is 24.1 Å². The average Bonchev–Trinajstić information content (AvgIpc) is 2.71. The van der Waals surface area contributed by atoms with Crippen LogP contribution in [0.25, 0.3) is 0 Å². The number of fused-ring (bicyclic) bond motifs is 3. The molecule has 1 fully saturated rings. The number of nitrogens with one attached hydrogen (secondary N) is 2. The Balaban J connectivity index is 1.69. The van der Waals surface area contributed by atoms with E-state index in [1.165, 1.54) is 18.2 Å². The third-order valence-corrected chi connectivity index (χ3v) is 6.57. The van der Waals surface area contributed by atoms with E-state index in [-0.39, 0.29) is 23.7 Å². The molecule has 2 aromatic carbocycles. The summed E-state index contributed by atoms with van der Waals surface area (Å²) < 4.78 is 53.6. The van der Waals surface area contributed by atoms with Gasteiger partial charge in [-0.15, -0.1) is 0 Å². The van der Waals surface area contributed by atoms with Crippen molar-refractivity contribution in [1.82, 2.24) is 5.32 Å². The first-order valence-corrected chi connectivity index (χ1v) is 10.7. The lowest BCUT2D eigenvalue weighted by molar-refractivity contribution is -0.137. The van der Waals surface area contributed by atoms with Gasteiger partial charge in [-0.2, -0.15) is 13.2 Å². The van der Waals surface area contributed by atoms with Crippen LogP contribution in [0.2, 0.25) is 0 Å². The van der Waals surface area contributed by atoms with E-state index in [0.717, 1.165) is 48.7 Å². The molecule has 1 heterocycles. The van der Waals surface area contributed by atoms with E-state index in [9.17, 15) is 17.6 Å². The monoisotopic (exact) mass is 420 g/mol. The van der Waals surface area contributed by atoms with E-state index in [4.69, 9.17) is 0 Å². The highest BCUT2D eigenvalue weighted by Crippen LogP contribution is 2.53. The van der Waals surface area contributed by atoms with E-state index < -0.39 is 11.7 Å². The van der Waals surface area contributed by atoms with E-state index in [0.29, 0.717) is 12.0 Å². The van der Waals surface area contributed by atoms with Crippen LogP contribution in [-0.2, 0) is 6.18 Å². The zero-order valence-corrected chi connectivity index (χ0v) is 17.3. The van der Waals surface area contributed by atoms with Crippen molar-refractivity contribution >= 4 is 5.69 Å². The summed E-state index contributed by atoms with van der Waals surface area (Å²) in [5.41, 5.74) is 1.92.